The molecule has 0 aliphatic carbocycles. The molecule has 0 saturated carbocycles. The molecule has 0 spiro atoms. The van der Waals surface area contributed by atoms with Crippen molar-refractivity contribution in [2.24, 2.45) is 0 Å². The highest BCUT2D eigenvalue weighted by atomic mass is 32.2. The van der Waals surface area contributed by atoms with Crippen molar-refractivity contribution in [2.75, 3.05) is 43.3 Å². The Hall–Kier alpha value is -3.33. The summed E-state index contributed by atoms with van der Waals surface area (Å²) in [6.45, 7) is 5.46. The SMILES string of the molecule is COCC(NC(=O)c1ccn(S(C)(=O)=O)c1)C(=O)Nc1nc(-c2cccc(N3C[C@@H](C)O[C@@H](C)C3)n2)cs1. The molecule has 0 bridgehead atoms. The number of nitrogens with one attached hydrogen (secondary N) is 2. The normalized spacial score (nSPS) is 18.7. The van der Waals surface area contributed by atoms with Crippen LogP contribution < -0.4 is 15.5 Å². The monoisotopic (exact) mass is 562 g/mol. The fraction of sp³-hybridized carbons (Fsp3) is 0.417. The molecule has 1 aliphatic rings. The smallest absolute Gasteiger partial charge is 0.253 e. The quantitative estimate of drug-likeness (QED) is 0.399. The van der Waals surface area contributed by atoms with Crippen molar-refractivity contribution in [1.29, 1.82) is 0 Å². The number of carbonyl (C=O) groups excluding carboxylic acids is 2. The summed E-state index contributed by atoms with van der Waals surface area (Å²) in [5.74, 6) is -0.311. The van der Waals surface area contributed by atoms with Crippen molar-refractivity contribution in [3.8, 4) is 11.4 Å². The van der Waals surface area contributed by atoms with Gasteiger partial charge < -0.3 is 25.0 Å². The maximum absolute atomic E-state index is 12.9. The fourth-order valence-corrected chi connectivity index (χ4v) is 5.35. The molecule has 3 atom stereocenters. The van der Waals surface area contributed by atoms with Crippen LogP contribution >= 0.6 is 11.3 Å². The Bertz CT molecular complexity index is 1390. The Morgan fingerprint density at radius 3 is 2.58 bits per heavy atom. The van der Waals surface area contributed by atoms with Gasteiger partial charge in [-0.25, -0.2) is 18.4 Å². The molecule has 2 amide bonds. The Kier molecular flexibility index (Phi) is 8.45. The number of amides is 2. The van der Waals surface area contributed by atoms with E-state index in [-0.39, 0.29) is 24.4 Å². The number of ether oxygens (including phenoxy) is 2. The van der Waals surface area contributed by atoms with Crippen LogP contribution in [0, 0.1) is 0 Å². The lowest BCUT2D eigenvalue weighted by Crippen LogP contribution is -2.46. The lowest BCUT2D eigenvalue weighted by molar-refractivity contribution is -0.119. The second kappa shape index (κ2) is 11.6. The van der Waals surface area contributed by atoms with Gasteiger partial charge in [-0.15, -0.1) is 11.3 Å². The van der Waals surface area contributed by atoms with E-state index >= 15 is 0 Å². The number of rotatable bonds is 9. The summed E-state index contributed by atoms with van der Waals surface area (Å²) >= 11 is 1.23. The van der Waals surface area contributed by atoms with E-state index in [0.717, 1.165) is 29.1 Å². The topological polar surface area (TPSA) is 145 Å². The summed E-state index contributed by atoms with van der Waals surface area (Å²) in [7, 11) is -2.13. The van der Waals surface area contributed by atoms with E-state index in [1.54, 1.807) is 5.38 Å². The third-order valence-corrected chi connectivity index (χ3v) is 7.49. The summed E-state index contributed by atoms with van der Waals surface area (Å²) in [4.78, 5) is 37.0. The molecule has 2 N–H and O–H groups in total. The fourth-order valence-electron chi connectivity index (χ4n) is 4.06. The molecular weight excluding hydrogens is 532 g/mol. The van der Waals surface area contributed by atoms with Crippen LogP contribution in [-0.2, 0) is 24.3 Å². The minimum Gasteiger partial charge on any atom is -0.382 e. The summed E-state index contributed by atoms with van der Waals surface area (Å²) in [5, 5.41) is 7.42. The van der Waals surface area contributed by atoms with Gasteiger partial charge in [-0.1, -0.05) is 6.07 Å². The van der Waals surface area contributed by atoms with E-state index in [9.17, 15) is 18.0 Å². The first kappa shape index (κ1) is 27.7. The van der Waals surface area contributed by atoms with Crippen molar-refractivity contribution in [3.63, 3.8) is 0 Å². The molecular formula is C24H30N6O6S2. The number of pyridine rings is 1. The van der Waals surface area contributed by atoms with E-state index in [2.05, 4.69) is 20.5 Å². The standard InChI is InChI=1S/C24H30N6O6S2/c1-15-10-29(11-16(2)36-15)21-7-5-6-18(25-21)20-14-37-24(27-20)28-23(32)19(13-35-3)26-22(31)17-8-9-30(12-17)38(4,33)34/h5-9,12,14-16,19H,10-11,13H2,1-4H3,(H,26,31)(H,27,28,32)/t15-,16+,19?. The first-order valence-corrected chi connectivity index (χ1v) is 14.6. The van der Waals surface area contributed by atoms with E-state index < -0.39 is 27.9 Å². The number of hydrogen-bond acceptors (Lipinski definition) is 10. The molecule has 3 aromatic rings. The number of nitrogens with zero attached hydrogens (tertiary/aromatic N) is 4. The Morgan fingerprint density at radius 2 is 1.92 bits per heavy atom. The maximum Gasteiger partial charge on any atom is 0.253 e. The Labute approximate surface area is 225 Å². The largest absolute Gasteiger partial charge is 0.382 e. The van der Waals surface area contributed by atoms with Crippen LogP contribution in [0.3, 0.4) is 0 Å². The molecule has 1 saturated heterocycles. The van der Waals surface area contributed by atoms with Crippen molar-refractivity contribution in [3.05, 3.63) is 47.6 Å². The number of methoxy groups -OCH3 is 1. The average Bonchev–Trinajstić information content (AvgIpc) is 3.53. The molecule has 14 heteroatoms. The van der Waals surface area contributed by atoms with Gasteiger partial charge in [0.25, 0.3) is 11.8 Å². The van der Waals surface area contributed by atoms with Crippen LogP contribution in [0.1, 0.15) is 24.2 Å². The number of aromatic nitrogens is 3. The minimum absolute atomic E-state index is 0.0934. The van der Waals surface area contributed by atoms with Crippen LogP contribution in [0.15, 0.2) is 42.0 Å². The molecule has 1 unspecified atom stereocenters. The van der Waals surface area contributed by atoms with Gasteiger partial charge in [0, 0.05) is 38.0 Å². The second-order valence-corrected chi connectivity index (χ2v) is 11.8. The predicted molar refractivity (Wildman–Crippen MR) is 144 cm³/mol. The molecule has 3 aromatic heterocycles. The molecule has 204 valence electrons. The van der Waals surface area contributed by atoms with Gasteiger partial charge in [-0.05, 0) is 32.0 Å². The number of hydrogen-bond donors (Lipinski definition) is 2. The molecule has 4 rings (SSSR count). The number of morpholine rings is 1. The maximum atomic E-state index is 12.9. The Morgan fingerprint density at radius 1 is 1.18 bits per heavy atom. The van der Waals surface area contributed by atoms with Gasteiger partial charge >= 0.3 is 0 Å². The Balaban J connectivity index is 1.43. The van der Waals surface area contributed by atoms with Crippen LogP contribution in [0.25, 0.3) is 11.4 Å². The average molecular weight is 563 g/mol. The molecule has 1 aliphatic heterocycles. The zero-order chi connectivity index (χ0) is 27.4. The molecule has 12 nitrogen and oxygen atoms in total. The van der Waals surface area contributed by atoms with Gasteiger partial charge in [0.05, 0.1) is 36.3 Å². The van der Waals surface area contributed by atoms with Crippen molar-refractivity contribution < 1.29 is 27.5 Å². The third-order valence-electron chi connectivity index (χ3n) is 5.74. The number of anilines is 2. The third kappa shape index (κ3) is 6.75. The summed E-state index contributed by atoms with van der Waals surface area (Å²) in [6, 6.07) is 6.04. The van der Waals surface area contributed by atoms with Crippen LogP contribution in [0.5, 0.6) is 0 Å². The molecule has 1 fully saturated rings. The zero-order valence-corrected chi connectivity index (χ0v) is 23.1. The highest BCUT2D eigenvalue weighted by molar-refractivity contribution is 7.89. The van der Waals surface area contributed by atoms with E-state index in [4.69, 9.17) is 14.5 Å². The van der Waals surface area contributed by atoms with Gasteiger partial charge in [0.1, 0.15) is 17.6 Å². The van der Waals surface area contributed by atoms with E-state index in [1.807, 2.05) is 32.0 Å². The van der Waals surface area contributed by atoms with Crippen molar-refractivity contribution in [2.45, 2.75) is 32.1 Å². The summed E-state index contributed by atoms with van der Waals surface area (Å²) in [6.07, 6.45) is 3.67. The molecule has 38 heavy (non-hydrogen) atoms. The second-order valence-electron chi connectivity index (χ2n) is 9.04. The highest BCUT2D eigenvalue weighted by Crippen LogP contribution is 2.26. The first-order chi connectivity index (χ1) is 18.0. The lowest BCUT2D eigenvalue weighted by atomic mass is 10.2. The van der Waals surface area contributed by atoms with Gasteiger partial charge in [0.2, 0.25) is 10.0 Å². The zero-order valence-electron chi connectivity index (χ0n) is 21.4. The van der Waals surface area contributed by atoms with Crippen molar-refractivity contribution in [1.82, 2.24) is 19.3 Å². The molecule has 4 heterocycles. The van der Waals surface area contributed by atoms with E-state index in [0.29, 0.717) is 16.5 Å². The van der Waals surface area contributed by atoms with Crippen LogP contribution in [-0.4, -0.2) is 85.5 Å². The van der Waals surface area contributed by atoms with Crippen LogP contribution in [0.4, 0.5) is 10.9 Å². The summed E-state index contributed by atoms with van der Waals surface area (Å²) in [5.41, 5.74) is 1.37. The lowest BCUT2D eigenvalue weighted by Gasteiger charge is -2.36. The van der Waals surface area contributed by atoms with Crippen LogP contribution in [0.2, 0.25) is 0 Å². The molecule has 0 radical (unpaired) electrons. The van der Waals surface area contributed by atoms with E-state index in [1.165, 1.54) is 36.9 Å². The number of thiazole rings is 1. The highest BCUT2D eigenvalue weighted by Gasteiger charge is 2.25. The minimum atomic E-state index is -3.53. The first-order valence-electron chi connectivity index (χ1n) is 11.9. The van der Waals surface area contributed by atoms with Gasteiger partial charge in [-0.2, -0.15) is 0 Å². The van der Waals surface area contributed by atoms with Gasteiger partial charge in [-0.3, -0.25) is 13.6 Å². The van der Waals surface area contributed by atoms with Crippen molar-refractivity contribution >= 4 is 44.1 Å². The van der Waals surface area contributed by atoms with Gasteiger partial charge in [0.15, 0.2) is 5.13 Å². The number of carbonyl (C=O) groups is 2. The summed E-state index contributed by atoms with van der Waals surface area (Å²) < 4.78 is 35.2. The molecule has 0 aromatic carbocycles. The predicted octanol–water partition coefficient (Wildman–Crippen LogP) is 1.81.